The number of ether oxygens (including phenoxy) is 1. The molecule has 0 heterocycles. The molecule has 1 rings (SSSR count). The van der Waals surface area contributed by atoms with Gasteiger partial charge in [0.1, 0.15) is 0 Å². The fourth-order valence-corrected chi connectivity index (χ4v) is 1.44. The number of rotatable bonds is 6. The predicted molar refractivity (Wildman–Crippen MR) is 70.9 cm³/mol. The molecule has 0 atom stereocenters. The summed E-state index contributed by atoms with van der Waals surface area (Å²) in [5.41, 5.74) is 7.05. The summed E-state index contributed by atoms with van der Waals surface area (Å²) in [6, 6.07) is 10.1. The van der Waals surface area contributed by atoms with E-state index in [0.717, 1.165) is 19.6 Å². The van der Waals surface area contributed by atoms with Crippen LogP contribution in [-0.4, -0.2) is 38.2 Å². The van der Waals surface area contributed by atoms with E-state index >= 15 is 0 Å². The molecule has 0 aliphatic carbocycles. The van der Waals surface area contributed by atoms with Crippen LogP contribution in [0, 0.1) is 0 Å². The highest BCUT2D eigenvalue weighted by molar-refractivity contribution is 5.77. The average molecular weight is 235 g/mol. The number of aliphatic imine (C=N–C) groups is 1. The molecule has 1 aromatic carbocycles. The molecule has 0 fully saturated rings. The van der Waals surface area contributed by atoms with Gasteiger partial charge in [0.15, 0.2) is 5.96 Å². The number of guanidine groups is 1. The van der Waals surface area contributed by atoms with Crippen LogP contribution in [-0.2, 0) is 11.3 Å². The summed E-state index contributed by atoms with van der Waals surface area (Å²) in [5, 5.41) is 0. The number of benzene rings is 1. The minimum atomic E-state index is 0.574. The van der Waals surface area contributed by atoms with Crippen molar-refractivity contribution < 1.29 is 4.74 Å². The monoisotopic (exact) mass is 235 g/mol. The molecular formula is C13H21N3O. The highest BCUT2D eigenvalue weighted by Gasteiger charge is 2.00. The SMILES string of the molecule is COCCCN(C)C(N)=NCc1ccccc1. The summed E-state index contributed by atoms with van der Waals surface area (Å²) in [7, 11) is 3.65. The summed E-state index contributed by atoms with van der Waals surface area (Å²) in [6.07, 6.45) is 0.953. The maximum absolute atomic E-state index is 5.88. The third-order valence-corrected chi connectivity index (χ3v) is 2.50. The van der Waals surface area contributed by atoms with Gasteiger partial charge in [-0.3, -0.25) is 0 Å². The van der Waals surface area contributed by atoms with E-state index in [1.807, 2.05) is 42.3 Å². The molecule has 4 heteroatoms. The first kappa shape index (κ1) is 13.5. The maximum Gasteiger partial charge on any atom is 0.191 e. The Hall–Kier alpha value is -1.55. The molecule has 1 aromatic rings. The van der Waals surface area contributed by atoms with Gasteiger partial charge in [-0.05, 0) is 12.0 Å². The van der Waals surface area contributed by atoms with Gasteiger partial charge in [0.05, 0.1) is 6.54 Å². The van der Waals surface area contributed by atoms with Crippen LogP contribution in [0.3, 0.4) is 0 Å². The first-order chi connectivity index (χ1) is 8.24. The Morgan fingerprint density at radius 2 is 2.06 bits per heavy atom. The van der Waals surface area contributed by atoms with Gasteiger partial charge in [0.25, 0.3) is 0 Å². The highest BCUT2D eigenvalue weighted by atomic mass is 16.5. The third kappa shape index (κ3) is 5.36. The van der Waals surface area contributed by atoms with Crippen LogP contribution < -0.4 is 5.73 Å². The van der Waals surface area contributed by atoms with Crippen molar-refractivity contribution in [3.8, 4) is 0 Å². The van der Waals surface area contributed by atoms with Crippen molar-refractivity contribution in [2.24, 2.45) is 10.7 Å². The van der Waals surface area contributed by atoms with Crippen molar-refractivity contribution >= 4 is 5.96 Å². The average Bonchev–Trinajstić information content (AvgIpc) is 2.37. The van der Waals surface area contributed by atoms with Gasteiger partial charge in [-0.15, -0.1) is 0 Å². The Bertz CT molecular complexity index is 338. The molecule has 94 valence electrons. The number of methoxy groups -OCH3 is 1. The summed E-state index contributed by atoms with van der Waals surface area (Å²) in [5.74, 6) is 0.574. The van der Waals surface area contributed by atoms with Gasteiger partial charge in [0, 0.05) is 27.3 Å². The predicted octanol–water partition coefficient (Wildman–Crippen LogP) is 1.47. The minimum Gasteiger partial charge on any atom is -0.385 e. The maximum atomic E-state index is 5.88. The minimum absolute atomic E-state index is 0.574. The van der Waals surface area contributed by atoms with E-state index in [4.69, 9.17) is 10.5 Å². The van der Waals surface area contributed by atoms with Crippen molar-refractivity contribution in [2.45, 2.75) is 13.0 Å². The first-order valence-electron chi connectivity index (χ1n) is 5.78. The molecule has 0 aliphatic heterocycles. The van der Waals surface area contributed by atoms with Crippen molar-refractivity contribution in [3.63, 3.8) is 0 Å². The van der Waals surface area contributed by atoms with Crippen LogP contribution in [0.25, 0.3) is 0 Å². The Labute approximate surface area is 103 Å². The molecule has 0 saturated carbocycles. The second-order valence-electron chi connectivity index (χ2n) is 3.93. The topological polar surface area (TPSA) is 50.9 Å². The zero-order valence-electron chi connectivity index (χ0n) is 10.6. The number of nitrogens with two attached hydrogens (primary N) is 1. The van der Waals surface area contributed by atoms with Crippen LogP contribution in [0.4, 0.5) is 0 Å². The molecule has 0 unspecified atom stereocenters. The van der Waals surface area contributed by atoms with Crippen LogP contribution >= 0.6 is 0 Å². The number of nitrogens with zero attached hydrogens (tertiary/aromatic N) is 2. The molecule has 0 amide bonds. The Kier molecular flexibility index (Phi) is 6.10. The van der Waals surface area contributed by atoms with E-state index < -0.39 is 0 Å². The van der Waals surface area contributed by atoms with E-state index in [1.54, 1.807) is 7.11 Å². The normalized spacial score (nSPS) is 11.5. The molecule has 0 aliphatic rings. The molecule has 4 nitrogen and oxygen atoms in total. The number of hydrogen-bond acceptors (Lipinski definition) is 2. The summed E-state index contributed by atoms with van der Waals surface area (Å²) in [4.78, 5) is 6.30. The van der Waals surface area contributed by atoms with E-state index in [1.165, 1.54) is 5.56 Å². The molecule has 2 N–H and O–H groups in total. The van der Waals surface area contributed by atoms with E-state index in [-0.39, 0.29) is 0 Å². The highest BCUT2D eigenvalue weighted by Crippen LogP contribution is 2.00. The van der Waals surface area contributed by atoms with E-state index in [0.29, 0.717) is 12.5 Å². The smallest absolute Gasteiger partial charge is 0.191 e. The second kappa shape index (κ2) is 7.68. The Morgan fingerprint density at radius 3 is 2.71 bits per heavy atom. The van der Waals surface area contributed by atoms with E-state index in [9.17, 15) is 0 Å². The van der Waals surface area contributed by atoms with Gasteiger partial charge >= 0.3 is 0 Å². The third-order valence-electron chi connectivity index (χ3n) is 2.50. The molecule has 0 spiro atoms. The van der Waals surface area contributed by atoms with Crippen LogP contribution in [0.2, 0.25) is 0 Å². The molecule has 0 radical (unpaired) electrons. The lowest BCUT2D eigenvalue weighted by Crippen LogP contribution is -2.35. The molecule has 17 heavy (non-hydrogen) atoms. The van der Waals surface area contributed by atoms with E-state index in [2.05, 4.69) is 4.99 Å². The lowest BCUT2D eigenvalue weighted by Gasteiger charge is -2.17. The van der Waals surface area contributed by atoms with Crippen LogP contribution in [0.15, 0.2) is 35.3 Å². The van der Waals surface area contributed by atoms with Gasteiger partial charge in [-0.2, -0.15) is 0 Å². The first-order valence-corrected chi connectivity index (χ1v) is 5.78. The molecular weight excluding hydrogens is 214 g/mol. The van der Waals surface area contributed by atoms with Gasteiger partial charge in [-0.1, -0.05) is 30.3 Å². The summed E-state index contributed by atoms with van der Waals surface area (Å²) < 4.78 is 4.99. The fraction of sp³-hybridized carbons (Fsp3) is 0.462. The Morgan fingerprint density at radius 1 is 1.35 bits per heavy atom. The zero-order chi connectivity index (χ0) is 12.5. The quantitative estimate of drug-likeness (QED) is 0.461. The van der Waals surface area contributed by atoms with Crippen LogP contribution in [0.1, 0.15) is 12.0 Å². The largest absolute Gasteiger partial charge is 0.385 e. The lowest BCUT2D eigenvalue weighted by atomic mass is 10.2. The molecule has 0 aromatic heterocycles. The van der Waals surface area contributed by atoms with Crippen molar-refractivity contribution in [1.82, 2.24) is 4.90 Å². The number of hydrogen-bond donors (Lipinski definition) is 1. The van der Waals surface area contributed by atoms with Gasteiger partial charge in [0.2, 0.25) is 0 Å². The molecule has 0 bridgehead atoms. The van der Waals surface area contributed by atoms with Gasteiger partial charge < -0.3 is 15.4 Å². The van der Waals surface area contributed by atoms with Crippen molar-refractivity contribution in [1.29, 1.82) is 0 Å². The Balaban J connectivity index is 2.38. The van der Waals surface area contributed by atoms with Gasteiger partial charge in [-0.25, -0.2) is 4.99 Å². The van der Waals surface area contributed by atoms with Crippen LogP contribution in [0.5, 0.6) is 0 Å². The molecule has 0 saturated heterocycles. The second-order valence-corrected chi connectivity index (χ2v) is 3.93. The van der Waals surface area contributed by atoms with Crippen molar-refractivity contribution in [3.05, 3.63) is 35.9 Å². The summed E-state index contributed by atoms with van der Waals surface area (Å²) in [6.45, 7) is 2.23. The zero-order valence-corrected chi connectivity index (χ0v) is 10.6. The van der Waals surface area contributed by atoms with Crippen molar-refractivity contribution in [2.75, 3.05) is 27.3 Å². The lowest BCUT2D eigenvalue weighted by molar-refractivity contribution is 0.188. The standard InChI is InChI=1S/C13H21N3O/c1-16(9-6-10-17-2)13(14)15-11-12-7-4-3-5-8-12/h3-5,7-8H,6,9-11H2,1-2H3,(H2,14,15). The fourth-order valence-electron chi connectivity index (χ4n) is 1.44. The summed E-state index contributed by atoms with van der Waals surface area (Å²) >= 11 is 0.